The van der Waals surface area contributed by atoms with Crippen molar-refractivity contribution >= 4 is 5.70 Å². The third-order valence-electron chi connectivity index (χ3n) is 3.41. The van der Waals surface area contributed by atoms with Crippen molar-refractivity contribution in [3.05, 3.63) is 47.3 Å². The maximum Gasteiger partial charge on any atom is 0.0895 e. The summed E-state index contributed by atoms with van der Waals surface area (Å²) in [6, 6.07) is 4.68. The van der Waals surface area contributed by atoms with Gasteiger partial charge in [0.05, 0.1) is 11.4 Å². The Morgan fingerprint density at radius 1 is 1.44 bits per heavy atom. The number of pyridine rings is 1. The molecule has 1 N–H and O–H groups in total. The molecule has 1 unspecified atom stereocenters. The lowest BCUT2D eigenvalue weighted by molar-refractivity contribution is 0.667. The molecule has 1 aromatic heterocycles. The molecular weight excluding hydrogens is 196 g/mol. The predicted octanol–water partition coefficient (Wildman–Crippen LogP) is 2.68. The van der Waals surface area contributed by atoms with Crippen LogP contribution >= 0.6 is 0 Å². The number of nitrogens with one attached hydrogen (secondary N) is 1. The number of allylic oxidation sites excluding steroid dienone is 2. The minimum Gasteiger partial charge on any atom is -0.377 e. The molecule has 1 aliphatic heterocycles. The van der Waals surface area contributed by atoms with Crippen LogP contribution in [-0.4, -0.2) is 11.0 Å². The van der Waals surface area contributed by atoms with Crippen LogP contribution in [0.25, 0.3) is 5.70 Å². The van der Waals surface area contributed by atoms with E-state index in [1.807, 2.05) is 12.3 Å². The summed E-state index contributed by atoms with van der Waals surface area (Å²) in [5.41, 5.74) is 5.21. The van der Waals surface area contributed by atoms with E-state index < -0.39 is 0 Å². The fraction of sp³-hybridized carbons (Fsp3) is 0.357. The predicted molar refractivity (Wildman–Crippen MR) is 65.8 cm³/mol. The Morgan fingerprint density at radius 3 is 3.25 bits per heavy atom. The van der Waals surface area contributed by atoms with Crippen LogP contribution < -0.4 is 5.32 Å². The minimum atomic E-state index is 0.465. The molecule has 2 heterocycles. The zero-order chi connectivity index (χ0) is 11.0. The fourth-order valence-electron chi connectivity index (χ4n) is 2.44. The largest absolute Gasteiger partial charge is 0.377 e. The van der Waals surface area contributed by atoms with Gasteiger partial charge in [-0.2, -0.15) is 0 Å². The maximum absolute atomic E-state index is 4.52. The summed E-state index contributed by atoms with van der Waals surface area (Å²) >= 11 is 0. The molecule has 0 fully saturated rings. The number of hydrogen-bond acceptors (Lipinski definition) is 2. The van der Waals surface area contributed by atoms with Gasteiger partial charge in [-0.3, -0.25) is 4.98 Å². The molecule has 1 aromatic rings. The van der Waals surface area contributed by atoms with E-state index in [1.165, 1.54) is 16.8 Å². The number of hydrogen-bond donors (Lipinski definition) is 1. The zero-order valence-electron chi connectivity index (χ0n) is 9.53. The van der Waals surface area contributed by atoms with Crippen LogP contribution in [0.3, 0.4) is 0 Å². The van der Waals surface area contributed by atoms with E-state index in [2.05, 4.69) is 35.4 Å². The molecular formula is C14H16N2. The summed E-state index contributed by atoms with van der Waals surface area (Å²) in [6.07, 6.45) is 9.80. The van der Waals surface area contributed by atoms with E-state index in [9.17, 15) is 0 Å². The van der Waals surface area contributed by atoms with E-state index in [4.69, 9.17) is 0 Å². The highest BCUT2D eigenvalue weighted by molar-refractivity contribution is 5.72. The third-order valence-corrected chi connectivity index (χ3v) is 3.41. The summed E-state index contributed by atoms with van der Waals surface area (Å²) in [4.78, 5) is 4.52. The van der Waals surface area contributed by atoms with Gasteiger partial charge in [0.1, 0.15) is 0 Å². The first kappa shape index (κ1) is 9.64. The van der Waals surface area contributed by atoms with Crippen molar-refractivity contribution in [1.82, 2.24) is 10.3 Å². The SMILES string of the molecule is CCC1C=CC2=C(N1)c1ncccc1CC2. The van der Waals surface area contributed by atoms with Crippen LogP contribution in [0.2, 0.25) is 0 Å². The molecule has 0 bridgehead atoms. The van der Waals surface area contributed by atoms with E-state index >= 15 is 0 Å². The van der Waals surface area contributed by atoms with Gasteiger partial charge in [-0.1, -0.05) is 25.1 Å². The average Bonchev–Trinajstić information content (AvgIpc) is 2.38. The Hall–Kier alpha value is -1.57. The normalized spacial score (nSPS) is 22.4. The highest BCUT2D eigenvalue weighted by atomic mass is 15.0. The topological polar surface area (TPSA) is 24.9 Å². The van der Waals surface area contributed by atoms with Crippen molar-refractivity contribution in [3.8, 4) is 0 Å². The lowest BCUT2D eigenvalue weighted by atomic mass is 9.90. The summed E-state index contributed by atoms with van der Waals surface area (Å²) in [5.74, 6) is 0. The molecule has 2 nitrogen and oxygen atoms in total. The highest BCUT2D eigenvalue weighted by Crippen LogP contribution is 2.31. The zero-order valence-corrected chi connectivity index (χ0v) is 9.53. The lowest BCUT2D eigenvalue weighted by Crippen LogP contribution is -2.30. The molecule has 0 radical (unpaired) electrons. The van der Waals surface area contributed by atoms with Crippen LogP contribution in [0.15, 0.2) is 36.1 Å². The molecule has 1 atom stereocenters. The fourth-order valence-corrected chi connectivity index (χ4v) is 2.44. The Morgan fingerprint density at radius 2 is 2.38 bits per heavy atom. The Balaban J connectivity index is 2.06. The van der Waals surface area contributed by atoms with Crippen molar-refractivity contribution in [3.63, 3.8) is 0 Å². The summed E-state index contributed by atoms with van der Waals surface area (Å²) in [7, 11) is 0. The smallest absolute Gasteiger partial charge is 0.0895 e. The van der Waals surface area contributed by atoms with E-state index in [1.54, 1.807) is 0 Å². The van der Waals surface area contributed by atoms with Crippen LogP contribution in [0.1, 0.15) is 31.0 Å². The van der Waals surface area contributed by atoms with Gasteiger partial charge < -0.3 is 5.32 Å². The maximum atomic E-state index is 4.52. The third kappa shape index (κ3) is 1.45. The van der Waals surface area contributed by atoms with Crippen molar-refractivity contribution in [2.24, 2.45) is 0 Å². The minimum absolute atomic E-state index is 0.465. The Kier molecular flexibility index (Phi) is 2.28. The quantitative estimate of drug-likeness (QED) is 0.774. The standard InChI is InChI=1S/C14H16N2/c1-2-12-8-7-11-6-5-10-4-3-9-15-13(10)14(11)16-12/h3-4,7-9,12,16H,2,5-6H2,1H3. The summed E-state index contributed by atoms with van der Waals surface area (Å²) in [5, 5.41) is 3.59. The Bertz CT molecular complexity index is 471. The van der Waals surface area contributed by atoms with Gasteiger partial charge in [-0.15, -0.1) is 0 Å². The van der Waals surface area contributed by atoms with Gasteiger partial charge in [-0.05, 0) is 36.5 Å². The molecule has 1 aliphatic carbocycles. The first-order valence-electron chi connectivity index (χ1n) is 6.00. The number of fused-ring (bicyclic) bond motifs is 2. The lowest BCUT2D eigenvalue weighted by Gasteiger charge is -2.28. The highest BCUT2D eigenvalue weighted by Gasteiger charge is 2.22. The summed E-state index contributed by atoms with van der Waals surface area (Å²) < 4.78 is 0. The van der Waals surface area contributed by atoms with E-state index in [0.717, 1.165) is 25.0 Å². The second-order valence-corrected chi connectivity index (χ2v) is 4.43. The van der Waals surface area contributed by atoms with Crippen LogP contribution in [-0.2, 0) is 6.42 Å². The van der Waals surface area contributed by atoms with Gasteiger partial charge in [0.2, 0.25) is 0 Å². The van der Waals surface area contributed by atoms with Gasteiger partial charge in [0, 0.05) is 12.2 Å². The molecule has 2 heteroatoms. The number of aromatic nitrogens is 1. The number of aryl methyl sites for hydroxylation is 1. The van der Waals surface area contributed by atoms with Crippen LogP contribution in [0.4, 0.5) is 0 Å². The van der Waals surface area contributed by atoms with Gasteiger partial charge in [0.25, 0.3) is 0 Å². The number of nitrogens with zero attached hydrogens (tertiary/aromatic N) is 1. The van der Waals surface area contributed by atoms with Crippen LogP contribution in [0, 0.1) is 0 Å². The van der Waals surface area contributed by atoms with Gasteiger partial charge >= 0.3 is 0 Å². The Labute approximate surface area is 96.1 Å². The second-order valence-electron chi connectivity index (χ2n) is 4.43. The van der Waals surface area contributed by atoms with Crippen molar-refractivity contribution < 1.29 is 0 Å². The van der Waals surface area contributed by atoms with Crippen molar-refractivity contribution in [1.29, 1.82) is 0 Å². The molecule has 82 valence electrons. The molecule has 3 rings (SSSR count). The number of rotatable bonds is 1. The van der Waals surface area contributed by atoms with Gasteiger partial charge in [-0.25, -0.2) is 0 Å². The first-order valence-corrected chi connectivity index (χ1v) is 6.00. The van der Waals surface area contributed by atoms with Gasteiger partial charge in [0.15, 0.2) is 0 Å². The van der Waals surface area contributed by atoms with Crippen LogP contribution in [0.5, 0.6) is 0 Å². The molecule has 0 spiro atoms. The molecule has 16 heavy (non-hydrogen) atoms. The summed E-state index contributed by atoms with van der Waals surface area (Å²) in [6.45, 7) is 2.20. The average molecular weight is 212 g/mol. The van der Waals surface area contributed by atoms with Crippen molar-refractivity contribution in [2.75, 3.05) is 0 Å². The molecule has 0 saturated heterocycles. The molecule has 2 aliphatic rings. The van der Waals surface area contributed by atoms with E-state index in [-0.39, 0.29) is 0 Å². The second kappa shape index (κ2) is 3.78. The monoisotopic (exact) mass is 212 g/mol. The molecule has 0 amide bonds. The molecule has 0 aromatic carbocycles. The van der Waals surface area contributed by atoms with E-state index in [0.29, 0.717) is 6.04 Å². The first-order chi connectivity index (χ1) is 7.88. The number of dihydropyridines is 1. The molecule has 0 saturated carbocycles. The van der Waals surface area contributed by atoms with Crippen molar-refractivity contribution in [2.45, 2.75) is 32.2 Å².